The Morgan fingerprint density at radius 2 is 2.06 bits per heavy atom. The van der Waals surface area contributed by atoms with Crippen molar-refractivity contribution in [1.82, 2.24) is 9.78 Å². The largest absolute Gasteiger partial charge is 0.469 e. The van der Waals surface area contributed by atoms with Gasteiger partial charge in [0.2, 0.25) is 5.88 Å². The van der Waals surface area contributed by atoms with Gasteiger partial charge in [-0.25, -0.2) is 4.68 Å². The summed E-state index contributed by atoms with van der Waals surface area (Å²) in [6, 6.07) is 10.4. The number of hydrogen-bond acceptors (Lipinski definition) is 2. The second-order valence-corrected chi connectivity index (χ2v) is 4.55. The number of nitrogens with zero attached hydrogens (tertiary/aromatic N) is 2. The minimum Gasteiger partial charge on any atom is -0.469 e. The van der Waals surface area contributed by atoms with Gasteiger partial charge >= 0.3 is 0 Å². The molecule has 88 valence electrons. The van der Waals surface area contributed by atoms with E-state index in [0.29, 0.717) is 0 Å². The number of aryl methyl sites for hydroxylation is 2. The molecule has 1 atom stereocenters. The average Bonchev–Trinajstić information content (AvgIpc) is 2.66. The SMILES string of the molecule is Cc1nn(C)c2c1CCC(c1ccccc1)O2. The molecule has 0 bridgehead atoms. The third kappa shape index (κ3) is 1.71. The van der Waals surface area contributed by atoms with Crippen molar-refractivity contribution in [1.29, 1.82) is 0 Å². The summed E-state index contributed by atoms with van der Waals surface area (Å²) in [7, 11) is 1.94. The second-order valence-electron chi connectivity index (χ2n) is 4.55. The molecule has 0 radical (unpaired) electrons. The topological polar surface area (TPSA) is 27.1 Å². The molecule has 2 aromatic rings. The first-order chi connectivity index (χ1) is 8.25. The predicted molar refractivity (Wildman–Crippen MR) is 66.1 cm³/mol. The molecule has 1 aromatic carbocycles. The number of aromatic nitrogens is 2. The maximum atomic E-state index is 6.07. The van der Waals surface area contributed by atoms with Gasteiger partial charge in [-0.2, -0.15) is 5.10 Å². The minimum absolute atomic E-state index is 0.165. The monoisotopic (exact) mass is 228 g/mol. The molecule has 1 aromatic heterocycles. The van der Waals surface area contributed by atoms with E-state index in [1.165, 1.54) is 11.1 Å². The van der Waals surface area contributed by atoms with E-state index in [2.05, 4.69) is 29.4 Å². The first kappa shape index (κ1) is 10.4. The van der Waals surface area contributed by atoms with E-state index < -0.39 is 0 Å². The molecule has 17 heavy (non-hydrogen) atoms. The van der Waals surface area contributed by atoms with Gasteiger partial charge in [-0.1, -0.05) is 30.3 Å². The third-order valence-electron chi connectivity index (χ3n) is 3.37. The van der Waals surface area contributed by atoms with Crippen LogP contribution in [-0.2, 0) is 13.5 Å². The molecule has 0 spiro atoms. The Balaban J connectivity index is 1.93. The van der Waals surface area contributed by atoms with Gasteiger partial charge in [0, 0.05) is 12.6 Å². The van der Waals surface area contributed by atoms with Crippen LogP contribution in [0, 0.1) is 6.92 Å². The smallest absolute Gasteiger partial charge is 0.215 e. The fourth-order valence-corrected chi connectivity index (χ4v) is 2.49. The van der Waals surface area contributed by atoms with Crippen LogP contribution in [0.5, 0.6) is 5.88 Å². The van der Waals surface area contributed by atoms with E-state index in [0.717, 1.165) is 24.4 Å². The zero-order valence-corrected chi connectivity index (χ0v) is 10.2. The zero-order valence-electron chi connectivity index (χ0n) is 10.2. The number of rotatable bonds is 1. The fourth-order valence-electron chi connectivity index (χ4n) is 2.49. The fraction of sp³-hybridized carbons (Fsp3) is 0.357. The summed E-state index contributed by atoms with van der Waals surface area (Å²) in [5.41, 5.74) is 3.60. The van der Waals surface area contributed by atoms with Crippen molar-refractivity contribution in [2.75, 3.05) is 0 Å². The number of ether oxygens (including phenoxy) is 1. The first-order valence-corrected chi connectivity index (χ1v) is 6.00. The van der Waals surface area contributed by atoms with E-state index >= 15 is 0 Å². The van der Waals surface area contributed by atoms with E-state index in [1.54, 1.807) is 0 Å². The minimum atomic E-state index is 0.165. The lowest BCUT2D eigenvalue weighted by molar-refractivity contribution is 0.160. The highest BCUT2D eigenvalue weighted by Crippen LogP contribution is 2.35. The molecule has 1 aliphatic rings. The maximum Gasteiger partial charge on any atom is 0.215 e. The highest BCUT2D eigenvalue weighted by molar-refractivity contribution is 5.34. The van der Waals surface area contributed by atoms with Crippen LogP contribution in [0.1, 0.15) is 29.3 Å². The van der Waals surface area contributed by atoms with Crippen LogP contribution < -0.4 is 4.74 Å². The van der Waals surface area contributed by atoms with Crippen LogP contribution >= 0.6 is 0 Å². The van der Waals surface area contributed by atoms with Crippen LogP contribution in [-0.4, -0.2) is 9.78 Å². The summed E-state index contributed by atoms with van der Waals surface area (Å²) in [6.07, 6.45) is 2.25. The predicted octanol–water partition coefficient (Wildman–Crippen LogP) is 2.79. The molecule has 1 aliphatic heterocycles. The maximum absolute atomic E-state index is 6.07. The van der Waals surface area contributed by atoms with Crippen LogP contribution in [0.2, 0.25) is 0 Å². The quantitative estimate of drug-likeness (QED) is 0.750. The van der Waals surface area contributed by atoms with Gasteiger partial charge in [0.1, 0.15) is 6.10 Å². The molecule has 0 saturated carbocycles. The normalized spacial score (nSPS) is 18.6. The van der Waals surface area contributed by atoms with Crippen molar-refractivity contribution in [3.8, 4) is 5.88 Å². The van der Waals surface area contributed by atoms with E-state index in [-0.39, 0.29) is 6.10 Å². The van der Waals surface area contributed by atoms with E-state index in [4.69, 9.17) is 4.74 Å². The molecule has 0 fully saturated rings. The van der Waals surface area contributed by atoms with Crippen molar-refractivity contribution < 1.29 is 4.74 Å². The van der Waals surface area contributed by atoms with Crippen LogP contribution in [0.25, 0.3) is 0 Å². The van der Waals surface area contributed by atoms with E-state index in [9.17, 15) is 0 Å². The van der Waals surface area contributed by atoms with Crippen molar-refractivity contribution in [3.63, 3.8) is 0 Å². The summed E-state index contributed by atoms with van der Waals surface area (Å²) in [5, 5.41) is 4.41. The van der Waals surface area contributed by atoms with Crippen molar-refractivity contribution in [2.45, 2.75) is 25.9 Å². The van der Waals surface area contributed by atoms with Gasteiger partial charge in [-0.15, -0.1) is 0 Å². The number of hydrogen-bond donors (Lipinski definition) is 0. The molecular weight excluding hydrogens is 212 g/mol. The molecule has 3 nitrogen and oxygen atoms in total. The number of benzene rings is 1. The summed E-state index contributed by atoms with van der Waals surface area (Å²) in [4.78, 5) is 0. The van der Waals surface area contributed by atoms with Crippen LogP contribution in [0.15, 0.2) is 30.3 Å². The van der Waals surface area contributed by atoms with Crippen molar-refractivity contribution in [2.24, 2.45) is 7.05 Å². The van der Waals surface area contributed by atoms with Gasteiger partial charge in [-0.3, -0.25) is 0 Å². The Hall–Kier alpha value is -1.77. The standard InChI is InChI=1S/C14H16N2O/c1-10-12-8-9-13(11-6-4-3-5-7-11)17-14(12)16(2)15-10/h3-7,13H,8-9H2,1-2H3. The highest BCUT2D eigenvalue weighted by atomic mass is 16.5. The Morgan fingerprint density at radius 1 is 1.29 bits per heavy atom. The lowest BCUT2D eigenvalue weighted by Crippen LogP contribution is -2.16. The molecule has 2 heterocycles. The number of fused-ring (bicyclic) bond motifs is 1. The van der Waals surface area contributed by atoms with Crippen LogP contribution in [0.3, 0.4) is 0 Å². The molecule has 0 aliphatic carbocycles. The van der Waals surface area contributed by atoms with Crippen molar-refractivity contribution in [3.05, 3.63) is 47.2 Å². The molecular formula is C14H16N2O. The molecule has 0 amide bonds. The molecule has 1 unspecified atom stereocenters. The Morgan fingerprint density at radius 3 is 2.82 bits per heavy atom. The van der Waals surface area contributed by atoms with E-state index in [1.807, 2.05) is 24.7 Å². The van der Waals surface area contributed by atoms with Gasteiger partial charge in [0.25, 0.3) is 0 Å². The molecule has 3 heteroatoms. The van der Waals surface area contributed by atoms with Crippen LogP contribution in [0.4, 0.5) is 0 Å². The summed E-state index contributed by atoms with van der Waals surface area (Å²) in [6.45, 7) is 2.05. The Kier molecular flexibility index (Phi) is 2.39. The van der Waals surface area contributed by atoms with Gasteiger partial charge in [-0.05, 0) is 25.3 Å². The molecule has 3 rings (SSSR count). The second kappa shape index (κ2) is 3.91. The third-order valence-corrected chi connectivity index (χ3v) is 3.37. The lowest BCUT2D eigenvalue weighted by atomic mass is 9.99. The average molecular weight is 228 g/mol. The Bertz CT molecular complexity index is 531. The Labute approximate surface area is 101 Å². The highest BCUT2D eigenvalue weighted by Gasteiger charge is 2.25. The van der Waals surface area contributed by atoms with Gasteiger partial charge < -0.3 is 4.74 Å². The molecule has 0 N–H and O–H groups in total. The summed E-state index contributed by atoms with van der Waals surface area (Å²) in [5.74, 6) is 0.933. The van der Waals surface area contributed by atoms with Gasteiger partial charge in [0.05, 0.1) is 5.69 Å². The summed E-state index contributed by atoms with van der Waals surface area (Å²) < 4.78 is 7.92. The van der Waals surface area contributed by atoms with Gasteiger partial charge in [0.15, 0.2) is 0 Å². The zero-order chi connectivity index (χ0) is 11.8. The molecule has 0 saturated heterocycles. The lowest BCUT2D eigenvalue weighted by Gasteiger charge is -2.24. The summed E-state index contributed by atoms with van der Waals surface area (Å²) >= 11 is 0. The van der Waals surface area contributed by atoms with Crippen molar-refractivity contribution >= 4 is 0 Å². The first-order valence-electron chi connectivity index (χ1n) is 6.00.